The molecule has 18 heavy (non-hydrogen) atoms. The van der Waals surface area contributed by atoms with Gasteiger partial charge in [-0.3, -0.25) is 0 Å². The van der Waals surface area contributed by atoms with Gasteiger partial charge in [0.25, 0.3) is 0 Å². The summed E-state index contributed by atoms with van der Waals surface area (Å²) in [5, 5.41) is 13.1. The van der Waals surface area contributed by atoms with Crippen LogP contribution in [0.1, 0.15) is 36.0 Å². The first-order valence-electron chi connectivity index (χ1n) is 6.18. The maximum Gasteiger partial charge on any atom is 0.339 e. The highest BCUT2D eigenvalue weighted by Gasteiger charge is 2.22. The predicted molar refractivity (Wildman–Crippen MR) is 74.4 cm³/mol. The molecule has 1 aromatic rings. The number of anilines is 1. The smallest absolute Gasteiger partial charge is 0.339 e. The van der Waals surface area contributed by atoms with Crippen molar-refractivity contribution >= 4 is 23.5 Å². The minimum atomic E-state index is -0.927. The molecule has 2 N–H and O–H groups in total. The molecule has 1 heterocycles. The van der Waals surface area contributed by atoms with Crippen molar-refractivity contribution in [3.63, 3.8) is 0 Å². The molecule has 4 nitrogen and oxygen atoms in total. The Balaban J connectivity index is 2.00. The van der Waals surface area contributed by atoms with E-state index in [2.05, 4.69) is 16.6 Å². The fraction of sp³-hybridized carbons (Fsp3) is 0.538. The summed E-state index contributed by atoms with van der Waals surface area (Å²) in [6, 6.07) is 3.59. The summed E-state index contributed by atoms with van der Waals surface area (Å²) in [5.41, 5.74) is 0.254. The minimum Gasteiger partial charge on any atom is -0.478 e. The lowest BCUT2D eigenvalue weighted by Gasteiger charge is -2.28. The fourth-order valence-corrected chi connectivity index (χ4v) is 3.07. The van der Waals surface area contributed by atoms with Crippen molar-refractivity contribution in [1.29, 1.82) is 0 Å². The van der Waals surface area contributed by atoms with Crippen LogP contribution in [0.15, 0.2) is 18.3 Å². The third kappa shape index (κ3) is 3.16. The molecule has 1 fully saturated rings. The first kappa shape index (κ1) is 13.2. The van der Waals surface area contributed by atoms with Crippen molar-refractivity contribution in [2.45, 2.75) is 37.0 Å². The second-order valence-electron chi connectivity index (χ2n) is 4.56. The fourth-order valence-electron chi connectivity index (χ4n) is 2.33. The third-order valence-corrected chi connectivity index (χ3v) is 4.52. The van der Waals surface area contributed by atoms with Crippen molar-refractivity contribution in [2.75, 3.05) is 11.6 Å². The second-order valence-corrected chi connectivity index (χ2v) is 5.70. The summed E-state index contributed by atoms with van der Waals surface area (Å²) in [6.45, 7) is 0. The molecule has 1 aliphatic carbocycles. The van der Waals surface area contributed by atoms with E-state index in [-0.39, 0.29) is 5.56 Å². The van der Waals surface area contributed by atoms with Crippen molar-refractivity contribution in [2.24, 2.45) is 0 Å². The number of thioether (sulfide) groups is 1. The zero-order valence-corrected chi connectivity index (χ0v) is 11.2. The van der Waals surface area contributed by atoms with Gasteiger partial charge in [0.2, 0.25) is 0 Å². The van der Waals surface area contributed by atoms with E-state index < -0.39 is 5.97 Å². The normalized spacial score (nSPS) is 23.6. The molecular formula is C13H18N2O2S. The topological polar surface area (TPSA) is 62.2 Å². The number of carbonyl (C=O) groups is 1. The third-order valence-electron chi connectivity index (χ3n) is 3.39. The van der Waals surface area contributed by atoms with E-state index in [9.17, 15) is 4.79 Å². The van der Waals surface area contributed by atoms with Gasteiger partial charge in [0.15, 0.2) is 0 Å². The summed E-state index contributed by atoms with van der Waals surface area (Å²) in [5.74, 6) is -0.430. The molecule has 0 saturated heterocycles. The maximum absolute atomic E-state index is 11.1. The number of aromatic carboxylic acids is 1. The van der Waals surface area contributed by atoms with Gasteiger partial charge in [-0.2, -0.15) is 11.8 Å². The number of hydrogen-bond donors (Lipinski definition) is 2. The molecule has 0 unspecified atom stereocenters. The lowest BCUT2D eigenvalue weighted by molar-refractivity contribution is 0.0697. The molecule has 5 heteroatoms. The number of pyridine rings is 1. The lowest BCUT2D eigenvalue weighted by Crippen LogP contribution is -2.28. The summed E-state index contributed by atoms with van der Waals surface area (Å²) in [7, 11) is 0. The van der Waals surface area contributed by atoms with Crippen LogP contribution in [0.5, 0.6) is 0 Å². The van der Waals surface area contributed by atoms with Gasteiger partial charge in [-0.1, -0.05) is 0 Å². The van der Waals surface area contributed by atoms with Crippen molar-refractivity contribution in [1.82, 2.24) is 4.98 Å². The summed E-state index contributed by atoms with van der Waals surface area (Å²) >= 11 is 1.92. The Morgan fingerprint density at radius 3 is 2.78 bits per heavy atom. The maximum atomic E-state index is 11.1. The van der Waals surface area contributed by atoms with E-state index in [1.165, 1.54) is 12.8 Å². The van der Waals surface area contributed by atoms with Gasteiger partial charge < -0.3 is 10.4 Å². The molecule has 1 aliphatic rings. The standard InChI is InChI=1S/C13H18N2O2S/c1-18-10-6-4-9(5-7-10)15-12-11(13(16)17)3-2-8-14-12/h2-3,8-10H,4-7H2,1H3,(H,14,15)(H,16,17). The Bertz CT molecular complexity index is 417. The van der Waals surface area contributed by atoms with Crippen LogP contribution in [0.2, 0.25) is 0 Å². The SMILES string of the molecule is CSC1CCC(Nc2ncccc2C(=O)O)CC1. The van der Waals surface area contributed by atoms with Crippen molar-refractivity contribution in [3.8, 4) is 0 Å². The quantitative estimate of drug-likeness (QED) is 0.877. The molecule has 0 amide bonds. The van der Waals surface area contributed by atoms with Crippen molar-refractivity contribution in [3.05, 3.63) is 23.9 Å². The Morgan fingerprint density at radius 2 is 2.17 bits per heavy atom. The monoisotopic (exact) mass is 266 g/mol. The van der Waals surface area contributed by atoms with E-state index in [4.69, 9.17) is 5.11 Å². The van der Waals surface area contributed by atoms with E-state index >= 15 is 0 Å². The van der Waals surface area contributed by atoms with Gasteiger partial charge in [0.05, 0.1) is 0 Å². The van der Waals surface area contributed by atoms with E-state index in [0.717, 1.165) is 18.1 Å². The molecule has 98 valence electrons. The van der Waals surface area contributed by atoms with Crippen LogP contribution in [0.25, 0.3) is 0 Å². The molecule has 1 aromatic heterocycles. The van der Waals surface area contributed by atoms with Crippen LogP contribution >= 0.6 is 11.8 Å². The Morgan fingerprint density at radius 1 is 1.44 bits per heavy atom. The van der Waals surface area contributed by atoms with Crippen LogP contribution in [0.4, 0.5) is 5.82 Å². The summed E-state index contributed by atoms with van der Waals surface area (Å²) < 4.78 is 0. The Labute approximate surface area is 111 Å². The van der Waals surface area contributed by atoms with Crippen molar-refractivity contribution < 1.29 is 9.90 Å². The highest BCUT2D eigenvalue weighted by atomic mass is 32.2. The average molecular weight is 266 g/mol. The zero-order chi connectivity index (χ0) is 13.0. The van der Waals surface area contributed by atoms with Crippen LogP contribution in [-0.4, -0.2) is 33.6 Å². The number of aromatic nitrogens is 1. The highest BCUT2D eigenvalue weighted by molar-refractivity contribution is 7.99. The summed E-state index contributed by atoms with van der Waals surface area (Å²) in [4.78, 5) is 15.2. The number of nitrogens with one attached hydrogen (secondary N) is 1. The lowest BCUT2D eigenvalue weighted by atomic mass is 9.95. The molecule has 0 aromatic carbocycles. The molecule has 2 rings (SSSR count). The van der Waals surface area contributed by atoms with Crippen LogP contribution in [0.3, 0.4) is 0 Å². The number of carboxylic acid groups (broad SMARTS) is 1. The molecule has 0 atom stereocenters. The molecule has 0 radical (unpaired) electrons. The summed E-state index contributed by atoms with van der Waals surface area (Å²) in [6.07, 6.45) is 8.33. The van der Waals surface area contributed by atoms with E-state index in [1.54, 1.807) is 18.3 Å². The number of nitrogens with zero attached hydrogens (tertiary/aromatic N) is 1. The predicted octanol–water partition coefficient (Wildman–Crippen LogP) is 2.87. The molecule has 0 bridgehead atoms. The molecule has 0 aliphatic heterocycles. The van der Waals surface area contributed by atoms with E-state index in [0.29, 0.717) is 11.9 Å². The minimum absolute atomic E-state index is 0.254. The highest BCUT2D eigenvalue weighted by Crippen LogP contribution is 2.28. The molecule has 1 saturated carbocycles. The first-order chi connectivity index (χ1) is 8.70. The van der Waals surface area contributed by atoms with E-state index in [1.807, 2.05) is 11.8 Å². The molecular weight excluding hydrogens is 248 g/mol. The number of rotatable bonds is 4. The van der Waals surface area contributed by atoms with Gasteiger partial charge in [0.1, 0.15) is 11.4 Å². The van der Waals surface area contributed by atoms with Crippen LogP contribution in [0, 0.1) is 0 Å². The van der Waals surface area contributed by atoms with Gasteiger partial charge in [0, 0.05) is 17.5 Å². The van der Waals surface area contributed by atoms with Crippen LogP contribution in [-0.2, 0) is 0 Å². The van der Waals surface area contributed by atoms with Crippen LogP contribution < -0.4 is 5.32 Å². The molecule has 0 spiro atoms. The van der Waals surface area contributed by atoms with Gasteiger partial charge in [-0.15, -0.1) is 0 Å². The van der Waals surface area contributed by atoms with Gasteiger partial charge >= 0.3 is 5.97 Å². The number of carboxylic acids is 1. The Hall–Kier alpha value is -1.23. The van der Waals surface area contributed by atoms with Gasteiger partial charge in [-0.25, -0.2) is 9.78 Å². The Kier molecular flexibility index (Phi) is 4.47. The van der Waals surface area contributed by atoms with Gasteiger partial charge in [-0.05, 0) is 44.1 Å². The number of hydrogen-bond acceptors (Lipinski definition) is 4. The second kappa shape index (κ2) is 6.09. The average Bonchev–Trinajstić information content (AvgIpc) is 2.40. The zero-order valence-electron chi connectivity index (χ0n) is 10.4. The largest absolute Gasteiger partial charge is 0.478 e. The first-order valence-corrected chi connectivity index (χ1v) is 7.47.